The number of nitrogens with zero attached hydrogens (tertiary/aromatic N) is 1. The van der Waals surface area contributed by atoms with Crippen molar-refractivity contribution >= 4 is 24.4 Å². The summed E-state index contributed by atoms with van der Waals surface area (Å²) in [4.78, 5) is 27.4. The fourth-order valence-electron chi connectivity index (χ4n) is 4.54. The Labute approximate surface area is 184 Å². The molecule has 6 heteroatoms. The Balaban J connectivity index is 2.53. The predicted molar refractivity (Wildman–Crippen MR) is 125 cm³/mol. The SMILES string of the molecule is CC(S)CC(C)(C)CNC(=O)CN1CC(C)CC1C(=O)NCC(C)CC(C)(C)C. The average molecular weight is 428 g/mol. The third-order valence-corrected chi connectivity index (χ3v) is 5.64. The van der Waals surface area contributed by atoms with Gasteiger partial charge in [0.2, 0.25) is 11.8 Å². The maximum Gasteiger partial charge on any atom is 0.237 e. The van der Waals surface area contributed by atoms with E-state index in [0.717, 1.165) is 25.8 Å². The number of thiol groups is 1. The van der Waals surface area contributed by atoms with Gasteiger partial charge in [-0.1, -0.05) is 55.4 Å². The topological polar surface area (TPSA) is 61.4 Å². The predicted octanol–water partition coefficient (Wildman–Crippen LogP) is 3.74. The molecule has 1 aliphatic heterocycles. The minimum Gasteiger partial charge on any atom is -0.354 e. The summed E-state index contributed by atoms with van der Waals surface area (Å²) in [6.45, 7) is 19.8. The van der Waals surface area contributed by atoms with Gasteiger partial charge >= 0.3 is 0 Å². The van der Waals surface area contributed by atoms with E-state index in [1.54, 1.807) is 0 Å². The van der Waals surface area contributed by atoms with Gasteiger partial charge in [0, 0.05) is 19.6 Å². The lowest BCUT2D eigenvalue weighted by Gasteiger charge is -2.28. The molecular formula is C23H45N3O2S. The highest BCUT2D eigenvalue weighted by Crippen LogP contribution is 2.26. The van der Waals surface area contributed by atoms with Crippen LogP contribution in [-0.4, -0.2) is 54.2 Å². The maximum atomic E-state index is 12.8. The summed E-state index contributed by atoms with van der Waals surface area (Å²) in [6.07, 6.45) is 2.82. The zero-order valence-electron chi connectivity index (χ0n) is 20.0. The van der Waals surface area contributed by atoms with Gasteiger partial charge in [0.05, 0.1) is 12.6 Å². The summed E-state index contributed by atoms with van der Waals surface area (Å²) in [6, 6.07) is -0.205. The number of hydrogen-bond acceptors (Lipinski definition) is 4. The van der Waals surface area contributed by atoms with Crippen LogP contribution >= 0.6 is 12.6 Å². The van der Waals surface area contributed by atoms with Gasteiger partial charge in [-0.3, -0.25) is 14.5 Å². The van der Waals surface area contributed by atoms with Crippen LogP contribution in [0.25, 0.3) is 0 Å². The Kier molecular flexibility index (Phi) is 10.0. The normalized spacial score (nSPS) is 22.9. The summed E-state index contributed by atoms with van der Waals surface area (Å²) < 4.78 is 0. The molecule has 1 rings (SSSR count). The van der Waals surface area contributed by atoms with E-state index >= 15 is 0 Å². The van der Waals surface area contributed by atoms with E-state index in [1.807, 2.05) is 4.90 Å². The lowest BCUT2D eigenvalue weighted by Crippen LogP contribution is -2.48. The second-order valence-corrected chi connectivity index (χ2v) is 12.3. The van der Waals surface area contributed by atoms with Crippen LogP contribution in [0.5, 0.6) is 0 Å². The molecule has 0 saturated carbocycles. The van der Waals surface area contributed by atoms with E-state index in [0.29, 0.717) is 30.2 Å². The van der Waals surface area contributed by atoms with E-state index in [2.05, 4.69) is 78.7 Å². The highest BCUT2D eigenvalue weighted by Gasteiger charge is 2.36. The van der Waals surface area contributed by atoms with E-state index in [-0.39, 0.29) is 35.2 Å². The molecule has 0 bridgehead atoms. The fourth-order valence-corrected chi connectivity index (χ4v) is 5.03. The molecule has 2 amide bonds. The van der Waals surface area contributed by atoms with Gasteiger partial charge < -0.3 is 10.6 Å². The van der Waals surface area contributed by atoms with Crippen molar-refractivity contribution in [2.45, 2.75) is 85.9 Å². The molecule has 4 unspecified atom stereocenters. The second-order valence-electron chi connectivity index (χ2n) is 11.4. The van der Waals surface area contributed by atoms with Crippen LogP contribution in [0.4, 0.5) is 0 Å². The molecule has 0 aromatic rings. The van der Waals surface area contributed by atoms with Gasteiger partial charge in [-0.05, 0) is 47.2 Å². The molecule has 170 valence electrons. The molecule has 1 fully saturated rings. The van der Waals surface area contributed by atoms with Crippen molar-refractivity contribution in [3.8, 4) is 0 Å². The molecule has 0 aliphatic carbocycles. The minimum absolute atomic E-state index is 0.00195. The molecule has 1 saturated heterocycles. The largest absolute Gasteiger partial charge is 0.354 e. The van der Waals surface area contributed by atoms with Crippen LogP contribution in [0.1, 0.15) is 74.7 Å². The third-order valence-electron chi connectivity index (χ3n) is 5.46. The van der Waals surface area contributed by atoms with Crippen molar-refractivity contribution in [3.63, 3.8) is 0 Å². The van der Waals surface area contributed by atoms with E-state index in [1.165, 1.54) is 0 Å². The lowest BCUT2D eigenvalue weighted by molar-refractivity contribution is -0.128. The first-order chi connectivity index (χ1) is 13.2. The summed E-state index contributed by atoms with van der Waals surface area (Å²) in [7, 11) is 0. The number of rotatable bonds is 10. The van der Waals surface area contributed by atoms with Crippen LogP contribution in [0.3, 0.4) is 0 Å². The summed E-state index contributed by atoms with van der Waals surface area (Å²) >= 11 is 4.47. The van der Waals surface area contributed by atoms with Crippen LogP contribution in [-0.2, 0) is 9.59 Å². The molecule has 2 N–H and O–H groups in total. The first-order valence-corrected chi connectivity index (χ1v) is 11.7. The molecule has 0 aromatic heterocycles. The van der Waals surface area contributed by atoms with Crippen molar-refractivity contribution in [3.05, 3.63) is 0 Å². The maximum absolute atomic E-state index is 12.8. The van der Waals surface area contributed by atoms with Crippen LogP contribution in [0.2, 0.25) is 0 Å². The molecule has 29 heavy (non-hydrogen) atoms. The lowest BCUT2D eigenvalue weighted by atomic mass is 9.85. The Morgan fingerprint density at radius 3 is 2.28 bits per heavy atom. The number of nitrogens with one attached hydrogen (secondary N) is 2. The van der Waals surface area contributed by atoms with Crippen molar-refractivity contribution in [2.75, 3.05) is 26.2 Å². The van der Waals surface area contributed by atoms with Gasteiger partial charge in [0.25, 0.3) is 0 Å². The number of likely N-dealkylation sites (tertiary alicyclic amines) is 1. The zero-order valence-corrected chi connectivity index (χ0v) is 20.9. The van der Waals surface area contributed by atoms with Gasteiger partial charge in [-0.25, -0.2) is 0 Å². The minimum atomic E-state index is -0.205. The standard InChI is InChI=1S/C23H45N3O2S/c1-16-9-19(21(28)24-12-17(2)10-22(4,5)6)26(13-16)14-20(27)25-15-23(7,8)11-18(3)29/h16-19,29H,9-15H2,1-8H3,(H,24,28)(H,25,27). The van der Waals surface area contributed by atoms with E-state index in [4.69, 9.17) is 0 Å². The Morgan fingerprint density at radius 2 is 1.72 bits per heavy atom. The molecule has 1 aliphatic rings. The van der Waals surface area contributed by atoms with Gasteiger partial charge in [0.15, 0.2) is 0 Å². The smallest absolute Gasteiger partial charge is 0.237 e. The summed E-state index contributed by atoms with van der Waals surface area (Å²) in [5.41, 5.74) is 0.268. The Hall–Kier alpha value is -0.750. The average Bonchev–Trinajstić information content (AvgIpc) is 2.88. The molecular weight excluding hydrogens is 382 g/mol. The molecule has 5 nitrogen and oxygen atoms in total. The highest BCUT2D eigenvalue weighted by molar-refractivity contribution is 7.80. The van der Waals surface area contributed by atoms with E-state index in [9.17, 15) is 9.59 Å². The molecule has 0 radical (unpaired) electrons. The highest BCUT2D eigenvalue weighted by atomic mass is 32.1. The third kappa shape index (κ3) is 10.7. The monoisotopic (exact) mass is 427 g/mol. The number of carbonyl (C=O) groups is 2. The molecule has 0 spiro atoms. The first kappa shape index (κ1) is 26.3. The van der Waals surface area contributed by atoms with Crippen molar-refractivity contribution in [1.82, 2.24) is 15.5 Å². The van der Waals surface area contributed by atoms with Gasteiger partial charge in [0.1, 0.15) is 0 Å². The quantitative estimate of drug-likeness (QED) is 0.466. The second kappa shape index (κ2) is 11.0. The van der Waals surface area contributed by atoms with Crippen LogP contribution in [0.15, 0.2) is 0 Å². The summed E-state index contributed by atoms with van der Waals surface area (Å²) in [5, 5.41) is 6.49. The molecule has 1 heterocycles. The number of carbonyl (C=O) groups excluding carboxylic acids is 2. The van der Waals surface area contributed by atoms with Crippen molar-refractivity contribution < 1.29 is 9.59 Å². The molecule has 4 atom stereocenters. The Morgan fingerprint density at radius 1 is 1.10 bits per heavy atom. The fraction of sp³-hybridized carbons (Fsp3) is 0.913. The van der Waals surface area contributed by atoms with Crippen molar-refractivity contribution in [1.29, 1.82) is 0 Å². The number of hydrogen-bond donors (Lipinski definition) is 3. The van der Waals surface area contributed by atoms with Crippen LogP contribution < -0.4 is 10.6 Å². The zero-order chi connectivity index (χ0) is 22.4. The molecule has 0 aromatic carbocycles. The Bertz CT molecular complexity index is 543. The van der Waals surface area contributed by atoms with Crippen LogP contribution in [0, 0.1) is 22.7 Å². The van der Waals surface area contributed by atoms with Crippen molar-refractivity contribution in [2.24, 2.45) is 22.7 Å². The van der Waals surface area contributed by atoms with Gasteiger partial charge in [-0.15, -0.1) is 0 Å². The number of amides is 2. The van der Waals surface area contributed by atoms with Gasteiger partial charge in [-0.2, -0.15) is 12.6 Å². The first-order valence-electron chi connectivity index (χ1n) is 11.1. The van der Waals surface area contributed by atoms with E-state index < -0.39 is 0 Å². The summed E-state index contributed by atoms with van der Waals surface area (Å²) in [5.74, 6) is 0.919.